The molecule has 1 aromatic heterocycles. The Bertz CT molecular complexity index is 849. The summed E-state index contributed by atoms with van der Waals surface area (Å²) in [4.78, 5) is 14.9. The number of halogens is 10. The maximum atomic E-state index is 13.5. The van der Waals surface area contributed by atoms with Gasteiger partial charge in [0, 0.05) is 4.47 Å². The summed E-state index contributed by atoms with van der Waals surface area (Å²) >= 11 is 3.59. The number of aromatic nitrogens is 1. The van der Waals surface area contributed by atoms with Crippen molar-refractivity contribution in [3.05, 3.63) is 22.7 Å². The minimum atomic E-state index is -7.14. The van der Waals surface area contributed by atoms with Crippen LogP contribution in [0.1, 0.15) is 0 Å². The molecule has 0 saturated carbocycles. The van der Waals surface area contributed by atoms with E-state index in [-0.39, 0.29) is 5.52 Å². The molecule has 144 valence electrons. The third-order valence-electron chi connectivity index (χ3n) is 3.00. The van der Waals surface area contributed by atoms with E-state index in [0.717, 1.165) is 5.32 Å². The van der Waals surface area contributed by atoms with Crippen LogP contribution in [-0.4, -0.2) is 34.8 Å². The Morgan fingerprint density at radius 2 is 1.58 bits per heavy atom. The first-order valence-corrected chi connectivity index (χ1v) is 7.80. The van der Waals surface area contributed by atoms with Crippen molar-refractivity contribution in [2.75, 3.05) is 5.32 Å². The minimum Gasteiger partial charge on any atom is -0.296 e. The molecule has 1 aromatic carbocycles. The predicted molar refractivity (Wildman–Crippen MR) is 76.8 cm³/mol. The second kappa shape index (κ2) is 6.25. The van der Waals surface area contributed by atoms with Gasteiger partial charge in [0.2, 0.25) is 0 Å². The van der Waals surface area contributed by atoms with Gasteiger partial charge >= 0.3 is 29.9 Å². The Hall–Kier alpha value is -1.57. The van der Waals surface area contributed by atoms with Crippen molar-refractivity contribution >= 4 is 48.5 Å². The lowest BCUT2D eigenvalue weighted by Crippen LogP contribution is -2.64. The fraction of sp³-hybridized carbons (Fsp3) is 0.333. The quantitative estimate of drug-likeness (QED) is 0.597. The Morgan fingerprint density at radius 1 is 1.00 bits per heavy atom. The van der Waals surface area contributed by atoms with Gasteiger partial charge in [0.15, 0.2) is 5.13 Å². The average molecular weight is 475 g/mol. The highest BCUT2D eigenvalue weighted by molar-refractivity contribution is 9.10. The fourth-order valence-corrected chi connectivity index (χ4v) is 3.06. The standard InChI is InChI=1S/C12H4BrF9N2OS/c13-4-1-2-5-6(3-4)26-8(23-5)24-7(25)9(14,15)10(16,17)11(18,19)12(20,21)22/h1-3H,(H,23,24,25). The summed E-state index contributed by atoms with van der Waals surface area (Å²) < 4.78 is 116. The summed E-state index contributed by atoms with van der Waals surface area (Å²) in [7, 11) is 0. The zero-order valence-corrected chi connectivity index (χ0v) is 14.2. The molecule has 3 nitrogen and oxygen atoms in total. The average Bonchev–Trinajstić information content (AvgIpc) is 2.86. The first-order chi connectivity index (χ1) is 11.6. The predicted octanol–water partition coefficient (Wildman–Crippen LogP) is 5.47. The number of anilines is 1. The van der Waals surface area contributed by atoms with Gasteiger partial charge in [-0.25, -0.2) is 4.98 Å². The number of thiazole rings is 1. The van der Waals surface area contributed by atoms with E-state index in [4.69, 9.17) is 0 Å². The van der Waals surface area contributed by atoms with Gasteiger partial charge < -0.3 is 0 Å². The fourth-order valence-electron chi connectivity index (χ4n) is 1.65. The van der Waals surface area contributed by atoms with Crippen LogP contribution in [0.5, 0.6) is 0 Å². The second-order valence-corrected chi connectivity index (χ2v) is 6.75. The summed E-state index contributed by atoms with van der Waals surface area (Å²) in [6, 6.07) is 4.25. The molecule has 0 spiro atoms. The summed E-state index contributed by atoms with van der Waals surface area (Å²) in [5.74, 6) is -23.6. The number of carbonyl (C=O) groups is 1. The molecule has 0 atom stereocenters. The van der Waals surface area contributed by atoms with E-state index < -0.39 is 35.0 Å². The highest BCUT2D eigenvalue weighted by Gasteiger charge is 2.83. The van der Waals surface area contributed by atoms with Crippen molar-refractivity contribution < 1.29 is 44.3 Å². The normalized spacial score (nSPS) is 13.9. The van der Waals surface area contributed by atoms with Gasteiger partial charge in [0.25, 0.3) is 0 Å². The van der Waals surface area contributed by atoms with Gasteiger partial charge in [0.1, 0.15) is 0 Å². The Balaban J connectivity index is 2.33. The van der Waals surface area contributed by atoms with E-state index >= 15 is 0 Å². The Kier molecular flexibility index (Phi) is 4.98. The van der Waals surface area contributed by atoms with Crippen LogP contribution < -0.4 is 5.32 Å². The van der Waals surface area contributed by atoms with E-state index in [1.807, 2.05) is 0 Å². The van der Waals surface area contributed by atoms with Crippen molar-refractivity contribution in [2.24, 2.45) is 0 Å². The van der Waals surface area contributed by atoms with E-state index in [0.29, 0.717) is 20.5 Å². The zero-order valence-electron chi connectivity index (χ0n) is 11.8. The number of fused-ring (bicyclic) bond motifs is 1. The summed E-state index contributed by atoms with van der Waals surface area (Å²) in [6.07, 6.45) is -7.00. The van der Waals surface area contributed by atoms with Gasteiger partial charge in [-0.1, -0.05) is 27.3 Å². The molecule has 0 saturated heterocycles. The molecule has 14 heteroatoms. The number of alkyl halides is 9. The molecule has 0 fully saturated rings. The van der Waals surface area contributed by atoms with E-state index in [1.54, 1.807) is 0 Å². The smallest absolute Gasteiger partial charge is 0.296 e. The molecular weight excluding hydrogens is 471 g/mol. The van der Waals surface area contributed by atoms with Crippen molar-refractivity contribution in [1.29, 1.82) is 0 Å². The lowest BCUT2D eigenvalue weighted by molar-refractivity contribution is -0.388. The molecular formula is C12H4BrF9N2OS. The molecule has 0 bridgehead atoms. The van der Waals surface area contributed by atoms with Crippen molar-refractivity contribution in [3.8, 4) is 0 Å². The summed E-state index contributed by atoms with van der Waals surface area (Å²) in [5, 5.41) is 0.457. The van der Waals surface area contributed by atoms with Crippen LogP contribution in [0.25, 0.3) is 10.2 Å². The number of carbonyl (C=O) groups excluding carboxylic acids is 1. The molecule has 0 unspecified atom stereocenters. The van der Waals surface area contributed by atoms with Crippen LogP contribution in [0.15, 0.2) is 22.7 Å². The van der Waals surface area contributed by atoms with Crippen molar-refractivity contribution in [2.45, 2.75) is 23.9 Å². The molecule has 0 radical (unpaired) electrons. The number of benzene rings is 1. The molecule has 1 heterocycles. The van der Waals surface area contributed by atoms with Gasteiger partial charge in [0.05, 0.1) is 10.2 Å². The number of hydrogen-bond acceptors (Lipinski definition) is 3. The molecule has 2 rings (SSSR count). The zero-order chi connectivity index (χ0) is 20.1. The van der Waals surface area contributed by atoms with Crippen LogP contribution in [0.4, 0.5) is 44.6 Å². The van der Waals surface area contributed by atoms with Crippen LogP contribution in [0.2, 0.25) is 0 Å². The summed E-state index contributed by atoms with van der Waals surface area (Å²) in [5.41, 5.74) is 0.143. The maximum Gasteiger partial charge on any atom is 0.460 e. The first kappa shape index (κ1) is 20.7. The molecule has 0 aliphatic rings. The number of hydrogen-bond donors (Lipinski definition) is 1. The molecule has 0 aliphatic carbocycles. The Labute approximate surface area is 150 Å². The lowest BCUT2D eigenvalue weighted by atomic mass is 10.0. The molecule has 1 amide bonds. The van der Waals surface area contributed by atoms with E-state index in [2.05, 4.69) is 20.9 Å². The molecule has 26 heavy (non-hydrogen) atoms. The highest BCUT2D eigenvalue weighted by atomic mass is 79.9. The van der Waals surface area contributed by atoms with Crippen LogP contribution in [0, 0.1) is 0 Å². The minimum absolute atomic E-state index is 0.143. The van der Waals surface area contributed by atoms with Gasteiger partial charge in [-0.05, 0) is 18.2 Å². The largest absolute Gasteiger partial charge is 0.460 e. The maximum absolute atomic E-state index is 13.5. The number of nitrogens with one attached hydrogen (secondary N) is 1. The second-order valence-electron chi connectivity index (χ2n) is 4.81. The SMILES string of the molecule is O=C(Nc1nc2ccc(Br)cc2s1)C(F)(F)C(F)(F)C(F)(F)C(F)(F)F. The molecule has 0 aliphatic heterocycles. The van der Waals surface area contributed by atoms with E-state index in [9.17, 15) is 44.3 Å². The number of rotatable bonds is 4. The number of amides is 1. The highest BCUT2D eigenvalue weighted by Crippen LogP contribution is 2.53. The number of nitrogens with zero attached hydrogens (tertiary/aromatic N) is 1. The first-order valence-electron chi connectivity index (χ1n) is 6.19. The monoisotopic (exact) mass is 474 g/mol. The van der Waals surface area contributed by atoms with Crippen LogP contribution in [0.3, 0.4) is 0 Å². The van der Waals surface area contributed by atoms with E-state index in [1.165, 1.54) is 18.2 Å². The Morgan fingerprint density at radius 3 is 2.12 bits per heavy atom. The summed E-state index contributed by atoms with van der Waals surface area (Å²) in [6.45, 7) is 0. The van der Waals surface area contributed by atoms with Crippen LogP contribution in [-0.2, 0) is 4.79 Å². The topological polar surface area (TPSA) is 42.0 Å². The van der Waals surface area contributed by atoms with Gasteiger partial charge in [-0.15, -0.1) is 0 Å². The van der Waals surface area contributed by atoms with Gasteiger partial charge in [-0.2, -0.15) is 39.5 Å². The third kappa shape index (κ3) is 3.23. The van der Waals surface area contributed by atoms with Crippen molar-refractivity contribution in [3.63, 3.8) is 0 Å². The van der Waals surface area contributed by atoms with Crippen molar-refractivity contribution in [1.82, 2.24) is 4.98 Å². The third-order valence-corrected chi connectivity index (χ3v) is 4.43. The molecule has 2 aromatic rings. The van der Waals surface area contributed by atoms with Crippen LogP contribution >= 0.6 is 27.3 Å². The molecule has 1 N–H and O–H groups in total. The van der Waals surface area contributed by atoms with Gasteiger partial charge in [-0.3, -0.25) is 10.1 Å². The lowest BCUT2D eigenvalue weighted by Gasteiger charge is -2.32.